The SMILES string of the molecule is CC1(C)CCC(NS(=O)(=O)c2cc(N)ccc2Cl)CC1. The molecule has 1 aromatic carbocycles. The van der Waals surface area contributed by atoms with Crippen LogP contribution in [0.3, 0.4) is 0 Å². The highest BCUT2D eigenvalue weighted by Gasteiger charge is 2.30. The van der Waals surface area contributed by atoms with Gasteiger partial charge in [-0.1, -0.05) is 25.4 Å². The predicted octanol–water partition coefficient (Wildman–Crippen LogP) is 3.17. The molecule has 0 aromatic heterocycles. The Hall–Kier alpha value is -0.780. The zero-order valence-electron chi connectivity index (χ0n) is 11.8. The molecular formula is C14H21ClN2O2S. The minimum atomic E-state index is -3.61. The van der Waals surface area contributed by atoms with Crippen LogP contribution in [0.15, 0.2) is 23.1 Å². The Morgan fingerprint density at radius 2 is 1.90 bits per heavy atom. The molecule has 4 nitrogen and oxygen atoms in total. The van der Waals surface area contributed by atoms with E-state index in [1.54, 1.807) is 6.07 Å². The molecule has 1 fully saturated rings. The summed E-state index contributed by atoms with van der Waals surface area (Å²) in [4.78, 5) is 0.0593. The van der Waals surface area contributed by atoms with Crippen LogP contribution in [0, 0.1) is 5.41 Å². The van der Waals surface area contributed by atoms with E-state index < -0.39 is 10.0 Å². The molecule has 3 N–H and O–H groups in total. The van der Waals surface area contributed by atoms with Crippen LogP contribution in [-0.4, -0.2) is 14.5 Å². The first-order chi connectivity index (χ1) is 9.20. The van der Waals surface area contributed by atoms with Crippen molar-refractivity contribution >= 4 is 27.3 Å². The molecule has 0 atom stereocenters. The van der Waals surface area contributed by atoms with Gasteiger partial charge >= 0.3 is 0 Å². The van der Waals surface area contributed by atoms with Crippen molar-refractivity contribution in [2.75, 3.05) is 5.73 Å². The highest BCUT2D eigenvalue weighted by atomic mass is 35.5. The van der Waals surface area contributed by atoms with Crippen LogP contribution in [0.25, 0.3) is 0 Å². The molecule has 0 spiro atoms. The van der Waals surface area contributed by atoms with Crippen LogP contribution in [0.5, 0.6) is 0 Å². The van der Waals surface area contributed by atoms with Gasteiger partial charge in [-0.3, -0.25) is 0 Å². The number of rotatable bonds is 3. The van der Waals surface area contributed by atoms with Gasteiger partial charge in [-0.2, -0.15) is 0 Å². The number of anilines is 1. The molecule has 1 aliphatic rings. The fourth-order valence-corrected chi connectivity index (χ4v) is 4.37. The lowest BCUT2D eigenvalue weighted by atomic mass is 9.76. The molecule has 0 aliphatic heterocycles. The molecule has 2 rings (SSSR count). The standard InChI is InChI=1S/C14H21ClN2O2S/c1-14(2)7-5-11(6-8-14)17-20(18,19)13-9-10(16)3-4-12(13)15/h3-4,9,11,17H,5-8,16H2,1-2H3. The molecule has 0 saturated heterocycles. The maximum absolute atomic E-state index is 12.4. The molecule has 1 aliphatic carbocycles. The summed E-state index contributed by atoms with van der Waals surface area (Å²) in [6.45, 7) is 4.43. The van der Waals surface area contributed by atoms with Crippen LogP contribution < -0.4 is 10.5 Å². The van der Waals surface area contributed by atoms with E-state index in [2.05, 4.69) is 18.6 Å². The number of hydrogen-bond donors (Lipinski definition) is 2. The summed E-state index contributed by atoms with van der Waals surface area (Å²) in [5.41, 5.74) is 6.33. The quantitative estimate of drug-likeness (QED) is 0.841. The molecule has 0 radical (unpaired) electrons. The van der Waals surface area contributed by atoms with Crippen LogP contribution in [0.2, 0.25) is 5.02 Å². The average Bonchev–Trinajstić information content (AvgIpc) is 2.35. The normalized spacial score (nSPS) is 19.9. The van der Waals surface area contributed by atoms with E-state index in [1.807, 2.05) is 0 Å². The second-order valence-corrected chi connectivity index (χ2v) is 8.34. The molecule has 6 heteroatoms. The molecule has 1 aromatic rings. The number of nitrogens with two attached hydrogens (primary N) is 1. The summed E-state index contributed by atoms with van der Waals surface area (Å²) in [6, 6.07) is 4.47. The number of benzene rings is 1. The maximum atomic E-state index is 12.4. The van der Waals surface area contributed by atoms with E-state index in [4.69, 9.17) is 17.3 Å². The Morgan fingerprint density at radius 1 is 1.30 bits per heavy atom. The van der Waals surface area contributed by atoms with Crippen LogP contribution in [0.1, 0.15) is 39.5 Å². The second-order valence-electron chi connectivity index (χ2n) is 6.25. The maximum Gasteiger partial charge on any atom is 0.242 e. The van der Waals surface area contributed by atoms with Gasteiger partial charge in [0.15, 0.2) is 0 Å². The number of sulfonamides is 1. The van der Waals surface area contributed by atoms with Crippen molar-refractivity contribution in [1.82, 2.24) is 4.72 Å². The van der Waals surface area contributed by atoms with Crippen molar-refractivity contribution in [2.45, 2.75) is 50.5 Å². The highest BCUT2D eigenvalue weighted by molar-refractivity contribution is 7.89. The fraction of sp³-hybridized carbons (Fsp3) is 0.571. The number of hydrogen-bond acceptors (Lipinski definition) is 3. The molecule has 0 bridgehead atoms. The second kappa shape index (κ2) is 5.54. The highest BCUT2D eigenvalue weighted by Crippen LogP contribution is 2.35. The third kappa shape index (κ3) is 3.65. The minimum Gasteiger partial charge on any atom is -0.399 e. The van der Waals surface area contributed by atoms with E-state index in [0.717, 1.165) is 25.7 Å². The van der Waals surface area contributed by atoms with Gasteiger partial charge in [-0.05, 0) is 49.3 Å². The first-order valence-corrected chi connectivity index (χ1v) is 8.63. The van der Waals surface area contributed by atoms with Gasteiger partial charge < -0.3 is 5.73 Å². The minimum absolute atomic E-state index is 0.0227. The smallest absolute Gasteiger partial charge is 0.242 e. The zero-order valence-corrected chi connectivity index (χ0v) is 13.4. The van der Waals surface area contributed by atoms with E-state index in [-0.39, 0.29) is 16.0 Å². The molecule has 20 heavy (non-hydrogen) atoms. The third-order valence-electron chi connectivity index (χ3n) is 3.91. The van der Waals surface area contributed by atoms with Crippen molar-refractivity contribution in [3.8, 4) is 0 Å². The Balaban J connectivity index is 2.14. The van der Waals surface area contributed by atoms with Crippen molar-refractivity contribution in [3.63, 3.8) is 0 Å². The summed E-state index contributed by atoms with van der Waals surface area (Å²) in [6.07, 6.45) is 3.74. The van der Waals surface area contributed by atoms with E-state index >= 15 is 0 Å². The van der Waals surface area contributed by atoms with E-state index in [0.29, 0.717) is 11.1 Å². The Kier molecular flexibility index (Phi) is 4.33. The van der Waals surface area contributed by atoms with Crippen molar-refractivity contribution in [2.24, 2.45) is 5.41 Å². The largest absolute Gasteiger partial charge is 0.399 e. The van der Waals surface area contributed by atoms with Gasteiger partial charge in [-0.15, -0.1) is 0 Å². The molecule has 0 unspecified atom stereocenters. The lowest BCUT2D eigenvalue weighted by molar-refractivity contribution is 0.218. The average molecular weight is 317 g/mol. The number of nitrogen functional groups attached to an aromatic ring is 1. The predicted molar refractivity (Wildman–Crippen MR) is 82.2 cm³/mol. The lowest BCUT2D eigenvalue weighted by Gasteiger charge is -2.34. The Morgan fingerprint density at radius 3 is 2.50 bits per heavy atom. The monoisotopic (exact) mass is 316 g/mol. The van der Waals surface area contributed by atoms with E-state index in [9.17, 15) is 8.42 Å². The van der Waals surface area contributed by atoms with Crippen LogP contribution >= 0.6 is 11.6 Å². The zero-order chi connectivity index (χ0) is 15.0. The van der Waals surface area contributed by atoms with E-state index in [1.165, 1.54) is 12.1 Å². The molecule has 0 amide bonds. The third-order valence-corrected chi connectivity index (χ3v) is 5.91. The van der Waals surface area contributed by atoms with Crippen molar-refractivity contribution < 1.29 is 8.42 Å². The number of halogens is 1. The molecule has 112 valence electrons. The van der Waals surface area contributed by atoms with Crippen LogP contribution in [-0.2, 0) is 10.0 Å². The fourth-order valence-electron chi connectivity index (χ4n) is 2.53. The van der Waals surface area contributed by atoms with Gasteiger partial charge in [0.2, 0.25) is 10.0 Å². The van der Waals surface area contributed by atoms with Gasteiger partial charge in [0.1, 0.15) is 4.90 Å². The van der Waals surface area contributed by atoms with Gasteiger partial charge in [-0.25, -0.2) is 13.1 Å². The first-order valence-electron chi connectivity index (χ1n) is 6.77. The molecular weight excluding hydrogens is 296 g/mol. The molecule has 1 saturated carbocycles. The summed E-state index contributed by atoms with van der Waals surface area (Å²) in [7, 11) is -3.61. The summed E-state index contributed by atoms with van der Waals surface area (Å²) < 4.78 is 27.5. The van der Waals surface area contributed by atoms with Gasteiger partial charge in [0.05, 0.1) is 5.02 Å². The van der Waals surface area contributed by atoms with Crippen molar-refractivity contribution in [3.05, 3.63) is 23.2 Å². The summed E-state index contributed by atoms with van der Waals surface area (Å²) in [5.74, 6) is 0. The summed E-state index contributed by atoms with van der Waals surface area (Å²) >= 11 is 5.97. The van der Waals surface area contributed by atoms with Gasteiger partial charge in [0, 0.05) is 11.7 Å². The Labute approximate surface area is 125 Å². The van der Waals surface area contributed by atoms with Crippen LogP contribution in [0.4, 0.5) is 5.69 Å². The number of nitrogens with one attached hydrogen (secondary N) is 1. The Bertz CT molecular complexity index is 589. The first kappa shape index (κ1) is 15.6. The lowest BCUT2D eigenvalue weighted by Crippen LogP contribution is -2.39. The van der Waals surface area contributed by atoms with Gasteiger partial charge in [0.25, 0.3) is 0 Å². The van der Waals surface area contributed by atoms with Crippen molar-refractivity contribution in [1.29, 1.82) is 0 Å². The molecule has 0 heterocycles. The summed E-state index contributed by atoms with van der Waals surface area (Å²) in [5, 5.41) is 0.197. The topological polar surface area (TPSA) is 72.2 Å².